The maximum absolute atomic E-state index is 12.0. The van der Waals surface area contributed by atoms with Gasteiger partial charge in [-0.3, -0.25) is 4.79 Å². The van der Waals surface area contributed by atoms with Gasteiger partial charge in [-0.1, -0.05) is 0 Å². The van der Waals surface area contributed by atoms with Crippen LogP contribution in [0.25, 0.3) is 0 Å². The largest absolute Gasteiger partial charge is 0.573 e. The highest BCUT2D eigenvalue weighted by Gasteiger charge is 2.31. The fourth-order valence-corrected chi connectivity index (χ4v) is 1.63. The van der Waals surface area contributed by atoms with Gasteiger partial charge in [-0.05, 0) is 30.7 Å². The first-order valence-electron chi connectivity index (χ1n) is 6.12. The molecule has 8 heteroatoms. The van der Waals surface area contributed by atoms with E-state index in [1.807, 2.05) is 0 Å². The number of amides is 1. The van der Waals surface area contributed by atoms with Crippen LogP contribution < -0.4 is 10.1 Å². The van der Waals surface area contributed by atoms with Crippen molar-refractivity contribution in [1.82, 2.24) is 5.32 Å². The first-order chi connectivity index (χ1) is 9.85. The zero-order chi connectivity index (χ0) is 15.9. The molecule has 0 radical (unpaired) electrons. The van der Waals surface area contributed by atoms with Crippen LogP contribution in [-0.4, -0.2) is 43.7 Å². The lowest BCUT2D eigenvalue weighted by Gasteiger charge is -2.17. The summed E-state index contributed by atoms with van der Waals surface area (Å²) < 4.78 is 44.6. The van der Waals surface area contributed by atoms with E-state index in [4.69, 9.17) is 9.84 Å². The highest BCUT2D eigenvalue weighted by atomic mass is 19.4. The molecule has 0 bridgehead atoms. The van der Waals surface area contributed by atoms with Crippen LogP contribution in [0.4, 0.5) is 13.2 Å². The van der Waals surface area contributed by atoms with Gasteiger partial charge in [-0.2, -0.15) is 0 Å². The standard InChI is InChI=1S/C13H16F3NO4/c1-20-8-10(6-7-18)17-12(19)9-2-4-11(5-3-9)21-13(14,15)16/h2-5,10,18H,6-8H2,1H3,(H,17,19). The number of benzene rings is 1. The molecule has 0 spiro atoms. The van der Waals surface area contributed by atoms with Crippen molar-refractivity contribution < 1.29 is 32.5 Å². The van der Waals surface area contributed by atoms with Crippen LogP contribution >= 0.6 is 0 Å². The number of nitrogens with one attached hydrogen (secondary N) is 1. The summed E-state index contributed by atoms with van der Waals surface area (Å²) in [5.74, 6) is -0.869. The third-order valence-corrected chi connectivity index (χ3v) is 2.53. The molecule has 21 heavy (non-hydrogen) atoms. The monoisotopic (exact) mass is 307 g/mol. The zero-order valence-electron chi connectivity index (χ0n) is 11.3. The van der Waals surface area contributed by atoms with Crippen molar-refractivity contribution in [3.63, 3.8) is 0 Å². The summed E-state index contributed by atoms with van der Waals surface area (Å²) in [6.45, 7) is 0.105. The van der Waals surface area contributed by atoms with E-state index in [9.17, 15) is 18.0 Å². The number of rotatable bonds is 7. The Balaban J connectivity index is 2.65. The number of carbonyl (C=O) groups is 1. The number of methoxy groups -OCH3 is 1. The number of halogens is 3. The van der Waals surface area contributed by atoms with Crippen molar-refractivity contribution in [3.05, 3.63) is 29.8 Å². The highest BCUT2D eigenvalue weighted by Crippen LogP contribution is 2.22. The van der Waals surface area contributed by atoms with E-state index >= 15 is 0 Å². The van der Waals surface area contributed by atoms with Crippen LogP contribution in [0.5, 0.6) is 5.75 Å². The summed E-state index contributed by atoms with van der Waals surface area (Å²) in [5.41, 5.74) is 0.184. The van der Waals surface area contributed by atoms with E-state index in [2.05, 4.69) is 10.1 Å². The number of aliphatic hydroxyl groups is 1. The number of hydrogen-bond acceptors (Lipinski definition) is 4. The summed E-state index contributed by atoms with van der Waals surface area (Å²) in [7, 11) is 1.46. The van der Waals surface area contributed by atoms with E-state index in [0.29, 0.717) is 6.42 Å². The van der Waals surface area contributed by atoms with Crippen LogP contribution in [-0.2, 0) is 4.74 Å². The molecule has 0 saturated carbocycles. The van der Waals surface area contributed by atoms with Gasteiger partial charge in [0.25, 0.3) is 5.91 Å². The predicted octanol–water partition coefficient (Wildman–Crippen LogP) is 1.71. The van der Waals surface area contributed by atoms with Crippen LogP contribution in [0, 0.1) is 0 Å². The SMILES string of the molecule is COCC(CCO)NC(=O)c1ccc(OC(F)(F)F)cc1. The van der Waals surface area contributed by atoms with E-state index < -0.39 is 18.0 Å². The molecule has 118 valence electrons. The molecule has 1 amide bonds. The van der Waals surface area contributed by atoms with Crippen molar-refractivity contribution in [2.24, 2.45) is 0 Å². The van der Waals surface area contributed by atoms with Gasteiger partial charge in [0.2, 0.25) is 0 Å². The number of alkyl halides is 3. The second-order valence-corrected chi connectivity index (χ2v) is 4.21. The fraction of sp³-hybridized carbons (Fsp3) is 0.462. The predicted molar refractivity (Wildman–Crippen MR) is 68.0 cm³/mol. The molecular weight excluding hydrogens is 291 g/mol. The minimum absolute atomic E-state index is 0.118. The van der Waals surface area contributed by atoms with Gasteiger partial charge in [-0.25, -0.2) is 0 Å². The molecule has 0 aliphatic heterocycles. The molecule has 0 aromatic heterocycles. The molecule has 0 aliphatic rings. The molecule has 0 fully saturated rings. The first kappa shape index (κ1) is 17.3. The van der Waals surface area contributed by atoms with Crippen LogP contribution in [0.1, 0.15) is 16.8 Å². The summed E-state index contributed by atoms with van der Waals surface area (Å²) in [6, 6.07) is 4.18. The van der Waals surface area contributed by atoms with Gasteiger partial charge in [-0.15, -0.1) is 13.2 Å². The second-order valence-electron chi connectivity index (χ2n) is 4.21. The molecule has 1 aromatic carbocycles. The normalized spacial score (nSPS) is 12.8. The van der Waals surface area contributed by atoms with E-state index in [1.165, 1.54) is 19.2 Å². The first-order valence-corrected chi connectivity index (χ1v) is 6.12. The molecule has 0 heterocycles. The number of carbonyl (C=O) groups excluding carboxylic acids is 1. The average Bonchev–Trinajstić information content (AvgIpc) is 2.38. The van der Waals surface area contributed by atoms with E-state index in [-0.39, 0.29) is 24.8 Å². The van der Waals surface area contributed by atoms with Crippen molar-refractivity contribution in [2.75, 3.05) is 20.3 Å². The lowest BCUT2D eigenvalue weighted by molar-refractivity contribution is -0.274. The number of hydrogen-bond donors (Lipinski definition) is 2. The second kappa shape index (κ2) is 7.84. The molecular formula is C13H16F3NO4. The zero-order valence-corrected chi connectivity index (χ0v) is 11.3. The molecule has 1 aromatic rings. The van der Waals surface area contributed by atoms with Gasteiger partial charge < -0.3 is 19.9 Å². The minimum atomic E-state index is -4.77. The van der Waals surface area contributed by atoms with Crippen molar-refractivity contribution in [3.8, 4) is 5.75 Å². The molecule has 1 unspecified atom stereocenters. The molecule has 0 aliphatic carbocycles. The lowest BCUT2D eigenvalue weighted by atomic mass is 10.1. The third kappa shape index (κ3) is 6.46. The van der Waals surface area contributed by atoms with E-state index in [1.54, 1.807) is 0 Å². The quantitative estimate of drug-likeness (QED) is 0.805. The average molecular weight is 307 g/mol. The maximum Gasteiger partial charge on any atom is 0.573 e. The van der Waals surface area contributed by atoms with Crippen LogP contribution in [0.2, 0.25) is 0 Å². The Bertz CT molecular complexity index is 442. The third-order valence-electron chi connectivity index (χ3n) is 2.53. The Labute approximate surface area is 119 Å². The van der Waals surface area contributed by atoms with E-state index in [0.717, 1.165) is 12.1 Å². The Hall–Kier alpha value is -1.80. The molecule has 1 rings (SSSR count). The van der Waals surface area contributed by atoms with Crippen molar-refractivity contribution in [1.29, 1.82) is 0 Å². The topological polar surface area (TPSA) is 67.8 Å². The number of aliphatic hydroxyl groups excluding tert-OH is 1. The Morgan fingerprint density at radius 3 is 2.43 bits per heavy atom. The molecule has 1 atom stereocenters. The summed E-state index contributed by atoms with van der Waals surface area (Å²) in [6.07, 6.45) is -4.46. The lowest BCUT2D eigenvalue weighted by Crippen LogP contribution is -2.38. The highest BCUT2D eigenvalue weighted by molar-refractivity contribution is 5.94. The molecule has 2 N–H and O–H groups in total. The minimum Gasteiger partial charge on any atom is -0.406 e. The molecule has 0 saturated heterocycles. The Morgan fingerprint density at radius 2 is 1.95 bits per heavy atom. The summed E-state index contributed by atoms with van der Waals surface area (Å²) in [4.78, 5) is 11.9. The van der Waals surface area contributed by atoms with Crippen LogP contribution in [0.15, 0.2) is 24.3 Å². The smallest absolute Gasteiger partial charge is 0.406 e. The number of ether oxygens (including phenoxy) is 2. The van der Waals surface area contributed by atoms with Gasteiger partial charge in [0, 0.05) is 19.3 Å². The molecule has 5 nitrogen and oxygen atoms in total. The van der Waals surface area contributed by atoms with Crippen molar-refractivity contribution in [2.45, 2.75) is 18.8 Å². The van der Waals surface area contributed by atoms with Gasteiger partial charge in [0.15, 0.2) is 0 Å². The van der Waals surface area contributed by atoms with Gasteiger partial charge in [0.05, 0.1) is 12.6 Å². The summed E-state index contributed by atoms with van der Waals surface area (Å²) >= 11 is 0. The van der Waals surface area contributed by atoms with Crippen molar-refractivity contribution >= 4 is 5.91 Å². The van der Waals surface area contributed by atoms with Crippen LogP contribution in [0.3, 0.4) is 0 Å². The van der Waals surface area contributed by atoms with Gasteiger partial charge >= 0.3 is 6.36 Å². The maximum atomic E-state index is 12.0. The van der Waals surface area contributed by atoms with Gasteiger partial charge in [0.1, 0.15) is 5.75 Å². The fourth-order valence-electron chi connectivity index (χ4n) is 1.63. The Morgan fingerprint density at radius 1 is 1.33 bits per heavy atom. The summed E-state index contributed by atoms with van der Waals surface area (Å²) in [5, 5.41) is 11.5. The Kier molecular flexibility index (Phi) is 6.44.